The van der Waals surface area contributed by atoms with Crippen LogP contribution >= 0.6 is 0 Å². The normalized spacial score (nSPS) is 50.3. The van der Waals surface area contributed by atoms with E-state index in [1.165, 1.54) is 57.8 Å². The van der Waals surface area contributed by atoms with E-state index in [2.05, 4.69) is 34.6 Å². The second kappa shape index (κ2) is 8.36. The molecule has 2 heteroatoms. The minimum Gasteiger partial charge on any atom is -0.396 e. The van der Waals surface area contributed by atoms with Crippen molar-refractivity contribution in [3.63, 3.8) is 0 Å². The van der Waals surface area contributed by atoms with Crippen LogP contribution in [0.4, 0.5) is 0 Å². The summed E-state index contributed by atoms with van der Waals surface area (Å²) in [5.74, 6) is 5.94. The average molecular weight is 419 g/mol. The van der Waals surface area contributed by atoms with Crippen molar-refractivity contribution in [1.29, 1.82) is 0 Å². The maximum Gasteiger partial charge on any atom is 0.0622 e. The summed E-state index contributed by atoms with van der Waals surface area (Å²) in [4.78, 5) is 0. The standard InChI is InChI=1S/C28H50O2/c1-19(13-17-29)6-7-20(2)23-10-11-24-22-9-8-21-18-26(3,30)15-16-27(21,4)25(22)12-14-28(23,24)5/h19-25,29-30H,6-18H2,1-5H3/t19-,20-,21?,22+,23-,24?,25?,26+,27+,28-/m1/s1. The summed E-state index contributed by atoms with van der Waals surface area (Å²) in [6, 6.07) is 0. The van der Waals surface area contributed by atoms with Gasteiger partial charge >= 0.3 is 0 Å². The summed E-state index contributed by atoms with van der Waals surface area (Å²) in [5.41, 5.74) is 0.626. The Labute approximate surface area is 186 Å². The van der Waals surface area contributed by atoms with Crippen LogP contribution in [0.25, 0.3) is 0 Å². The molecule has 0 aliphatic heterocycles. The lowest BCUT2D eigenvalue weighted by atomic mass is 9.43. The topological polar surface area (TPSA) is 40.5 Å². The molecule has 4 fully saturated rings. The molecule has 0 amide bonds. The summed E-state index contributed by atoms with van der Waals surface area (Å²) in [6.07, 6.45) is 15.5. The molecular formula is C28H50O2. The third-order valence-corrected chi connectivity index (χ3v) is 11.5. The Morgan fingerprint density at radius 2 is 1.53 bits per heavy atom. The summed E-state index contributed by atoms with van der Waals surface area (Å²) < 4.78 is 0. The molecule has 0 aromatic heterocycles. The van der Waals surface area contributed by atoms with E-state index in [0.717, 1.165) is 54.8 Å². The van der Waals surface area contributed by atoms with E-state index in [0.29, 0.717) is 23.4 Å². The molecule has 3 unspecified atom stereocenters. The van der Waals surface area contributed by atoms with Gasteiger partial charge in [-0.3, -0.25) is 0 Å². The van der Waals surface area contributed by atoms with Gasteiger partial charge in [-0.1, -0.05) is 40.5 Å². The largest absolute Gasteiger partial charge is 0.396 e. The molecule has 2 nitrogen and oxygen atoms in total. The first-order valence-corrected chi connectivity index (χ1v) is 13.4. The minimum atomic E-state index is -0.415. The molecule has 30 heavy (non-hydrogen) atoms. The van der Waals surface area contributed by atoms with Crippen LogP contribution < -0.4 is 0 Å². The average Bonchev–Trinajstić information content (AvgIpc) is 3.04. The van der Waals surface area contributed by atoms with Gasteiger partial charge in [-0.05, 0) is 123 Å². The fourth-order valence-corrected chi connectivity index (χ4v) is 9.52. The molecule has 4 rings (SSSR count). The third-order valence-electron chi connectivity index (χ3n) is 11.5. The van der Waals surface area contributed by atoms with E-state index >= 15 is 0 Å². The molecule has 0 spiro atoms. The van der Waals surface area contributed by atoms with E-state index in [4.69, 9.17) is 0 Å². The second-order valence-electron chi connectivity index (χ2n) is 13.3. The van der Waals surface area contributed by atoms with E-state index in [1.54, 1.807) is 0 Å². The summed E-state index contributed by atoms with van der Waals surface area (Å²) in [6.45, 7) is 12.6. The number of aliphatic hydroxyl groups is 2. The number of hydrogen-bond acceptors (Lipinski definition) is 2. The molecule has 0 saturated heterocycles. The Balaban J connectivity index is 1.45. The molecule has 2 N–H and O–H groups in total. The van der Waals surface area contributed by atoms with Crippen LogP contribution in [0.2, 0.25) is 0 Å². The second-order valence-corrected chi connectivity index (χ2v) is 13.3. The molecule has 174 valence electrons. The van der Waals surface area contributed by atoms with Crippen LogP contribution in [-0.4, -0.2) is 22.4 Å². The Morgan fingerprint density at radius 1 is 0.800 bits per heavy atom. The van der Waals surface area contributed by atoms with E-state index in [-0.39, 0.29) is 0 Å². The highest BCUT2D eigenvalue weighted by molar-refractivity contribution is 5.10. The minimum absolute atomic E-state index is 0.344. The van der Waals surface area contributed by atoms with Crippen molar-refractivity contribution in [3.05, 3.63) is 0 Å². The Bertz CT molecular complexity index is 599. The van der Waals surface area contributed by atoms with Crippen molar-refractivity contribution in [3.8, 4) is 0 Å². The van der Waals surface area contributed by atoms with Crippen molar-refractivity contribution in [2.45, 2.75) is 117 Å². The SMILES string of the molecule is C[C@@H](CCO)CC[C@@H](C)[C@H]1CCC2[C@@H]3CCC4C[C@@](C)(O)CC[C@]4(C)C3CC[C@@]21C. The van der Waals surface area contributed by atoms with Crippen LogP contribution in [0.3, 0.4) is 0 Å². The highest BCUT2D eigenvalue weighted by atomic mass is 16.3. The number of rotatable bonds is 6. The maximum absolute atomic E-state index is 10.7. The summed E-state index contributed by atoms with van der Waals surface area (Å²) in [5, 5.41) is 20.0. The van der Waals surface area contributed by atoms with Crippen LogP contribution in [0, 0.1) is 52.3 Å². The van der Waals surface area contributed by atoms with Crippen LogP contribution in [-0.2, 0) is 0 Å². The van der Waals surface area contributed by atoms with Gasteiger partial charge in [0, 0.05) is 6.61 Å². The van der Waals surface area contributed by atoms with Crippen LogP contribution in [0.1, 0.15) is 112 Å². The quantitative estimate of drug-likeness (QED) is 0.496. The fourth-order valence-electron chi connectivity index (χ4n) is 9.52. The number of fused-ring (bicyclic) bond motifs is 5. The molecule has 0 bridgehead atoms. The maximum atomic E-state index is 10.7. The highest BCUT2D eigenvalue weighted by Gasteiger charge is 2.61. The van der Waals surface area contributed by atoms with Gasteiger partial charge in [0.05, 0.1) is 5.60 Å². The smallest absolute Gasteiger partial charge is 0.0622 e. The first-order valence-electron chi connectivity index (χ1n) is 13.4. The highest BCUT2D eigenvalue weighted by Crippen LogP contribution is 2.68. The van der Waals surface area contributed by atoms with E-state index < -0.39 is 5.60 Å². The number of hydrogen-bond donors (Lipinski definition) is 2. The Hall–Kier alpha value is -0.0800. The first kappa shape index (κ1) is 23.1. The van der Waals surface area contributed by atoms with Crippen molar-refractivity contribution in [2.75, 3.05) is 6.61 Å². The Morgan fingerprint density at radius 3 is 2.27 bits per heavy atom. The molecule has 4 saturated carbocycles. The molecule has 0 aromatic rings. The van der Waals surface area contributed by atoms with Gasteiger partial charge in [0.25, 0.3) is 0 Å². The molecule has 4 aliphatic carbocycles. The van der Waals surface area contributed by atoms with Crippen molar-refractivity contribution >= 4 is 0 Å². The Kier molecular flexibility index (Phi) is 6.44. The van der Waals surface area contributed by atoms with Gasteiger partial charge in [-0.25, -0.2) is 0 Å². The van der Waals surface area contributed by atoms with E-state index in [9.17, 15) is 10.2 Å². The predicted molar refractivity (Wildman–Crippen MR) is 125 cm³/mol. The van der Waals surface area contributed by atoms with Gasteiger partial charge in [0.2, 0.25) is 0 Å². The first-order chi connectivity index (χ1) is 14.1. The molecule has 0 heterocycles. The van der Waals surface area contributed by atoms with Gasteiger partial charge in [0.15, 0.2) is 0 Å². The monoisotopic (exact) mass is 418 g/mol. The van der Waals surface area contributed by atoms with Crippen molar-refractivity contribution in [1.82, 2.24) is 0 Å². The fraction of sp³-hybridized carbons (Fsp3) is 1.00. The molecule has 4 aliphatic rings. The predicted octanol–water partition coefficient (Wildman–Crippen LogP) is 6.83. The number of aliphatic hydroxyl groups excluding tert-OH is 1. The van der Waals surface area contributed by atoms with Gasteiger partial charge in [0.1, 0.15) is 0 Å². The third kappa shape index (κ3) is 3.91. The molecule has 0 radical (unpaired) electrons. The van der Waals surface area contributed by atoms with Crippen molar-refractivity contribution < 1.29 is 10.2 Å². The van der Waals surface area contributed by atoms with E-state index in [1.807, 2.05) is 0 Å². The lowest BCUT2D eigenvalue weighted by Crippen LogP contribution is -2.55. The lowest BCUT2D eigenvalue weighted by molar-refractivity contribution is -0.148. The summed E-state index contributed by atoms with van der Waals surface area (Å²) >= 11 is 0. The summed E-state index contributed by atoms with van der Waals surface area (Å²) in [7, 11) is 0. The zero-order valence-electron chi connectivity index (χ0n) is 20.6. The molecular weight excluding hydrogens is 368 g/mol. The molecule has 0 aromatic carbocycles. The van der Waals surface area contributed by atoms with Gasteiger partial charge in [-0.15, -0.1) is 0 Å². The van der Waals surface area contributed by atoms with Crippen LogP contribution in [0.5, 0.6) is 0 Å². The van der Waals surface area contributed by atoms with Gasteiger partial charge in [-0.2, -0.15) is 0 Å². The zero-order chi connectivity index (χ0) is 21.7. The lowest BCUT2D eigenvalue weighted by Gasteiger charge is -2.62. The molecule has 10 atom stereocenters. The van der Waals surface area contributed by atoms with Crippen molar-refractivity contribution in [2.24, 2.45) is 52.3 Å². The van der Waals surface area contributed by atoms with Crippen LogP contribution in [0.15, 0.2) is 0 Å². The zero-order valence-corrected chi connectivity index (χ0v) is 20.6. The van der Waals surface area contributed by atoms with Gasteiger partial charge < -0.3 is 10.2 Å².